The van der Waals surface area contributed by atoms with Crippen LogP contribution in [0.3, 0.4) is 0 Å². The van der Waals surface area contributed by atoms with Crippen LogP contribution in [0.2, 0.25) is 0 Å². The summed E-state index contributed by atoms with van der Waals surface area (Å²) in [6, 6.07) is 14.7. The van der Waals surface area contributed by atoms with E-state index in [4.69, 9.17) is 24.5 Å². The Labute approximate surface area is 251 Å². The second-order valence-electron chi connectivity index (χ2n) is 10.2. The molecule has 2 aromatic carbocycles. The zero-order chi connectivity index (χ0) is 32.9. The molecule has 2 aromatic rings. The van der Waals surface area contributed by atoms with E-state index in [0.29, 0.717) is 18.1 Å². The largest absolute Gasteiger partial charge is 0.496 e. The Bertz CT molecular complexity index is 1220. The average molecular weight is 635 g/mol. The molecule has 0 radical (unpaired) electrons. The zero-order valence-electron chi connectivity index (χ0n) is 24.1. The topological polar surface area (TPSA) is 116 Å². The Hall–Kier alpha value is -3.65. The van der Waals surface area contributed by atoms with E-state index < -0.39 is 24.3 Å². The molecule has 3 N–H and O–H groups in total. The molecule has 0 amide bonds. The standard InChI is InChI=1S/C26H34N2O2.2C2HF3O2/c1-30-26-7-3-2-5-24(26)21-12-17-28(18-13-21)16-4-6-25(29)23-9-8-20-10-14-27-15-11-22(20)19-23;2*3-2(4,5)1(6)7/h2-3,5,7-9,19,21,27H,4,6,10-18H2,1H3;2*(H,6,7). The summed E-state index contributed by atoms with van der Waals surface area (Å²) in [6.07, 6.45) is -4.17. The number of fused-ring (bicyclic) bond motifs is 1. The van der Waals surface area contributed by atoms with Crippen molar-refractivity contribution in [1.29, 1.82) is 0 Å². The number of carboxylic acids is 2. The van der Waals surface area contributed by atoms with E-state index in [2.05, 4.69) is 40.5 Å². The average Bonchev–Trinajstić information content (AvgIpc) is 3.22. The highest BCUT2D eigenvalue weighted by Crippen LogP contribution is 2.34. The fraction of sp³-hybridized carbons (Fsp3) is 0.500. The van der Waals surface area contributed by atoms with Crippen LogP contribution in [0.5, 0.6) is 5.75 Å². The SMILES string of the molecule is COc1ccccc1C1CCN(CCCC(=O)c2ccc3c(c2)CCNCC3)CC1.O=C(O)C(F)(F)F.O=C(O)C(F)(F)F. The fourth-order valence-electron chi connectivity index (χ4n) is 4.93. The van der Waals surface area contributed by atoms with Crippen molar-refractivity contribution in [2.45, 2.75) is 56.8 Å². The van der Waals surface area contributed by atoms with Gasteiger partial charge < -0.3 is 25.2 Å². The lowest BCUT2D eigenvalue weighted by Crippen LogP contribution is -2.34. The van der Waals surface area contributed by atoms with Gasteiger partial charge in [-0.3, -0.25) is 4.79 Å². The molecule has 2 heterocycles. The molecule has 44 heavy (non-hydrogen) atoms. The maximum absolute atomic E-state index is 12.7. The van der Waals surface area contributed by atoms with Crippen molar-refractivity contribution in [3.63, 3.8) is 0 Å². The van der Waals surface area contributed by atoms with Crippen molar-refractivity contribution in [1.82, 2.24) is 10.2 Å². The van der Waals surface area contributed by atoms with E-state index in [1.807, 2.05) is 12.1 Å². The van der Waals surface area contributed by atoms with E-state index in [1.165, 1.54) is 16.7 Å². The quantitative estimate of drug-likeness (QED) is 0.271. The fourth-order valence-corrected chi connectivity index (χ4v) is 4.93. The predicted molar refractivity (Wildman–Crippen MR) is 149 cm³/mol. The Morgan fingerprint density at radius 3 is 1.98 bits per heavy atom. The monoisotopic (exact) mass is 634 g/mol. The molecule has 2 aliphatic rings. The number of likely N-dealkylation sites (tertiary alicyclic amines) is 1. The first-order valence-corrected chi connectivity index (χ1v) is 13.9. The van der Waals surface area contributed by atoms with Gasteiger partial charge in [-0.25, -0.2) is 9.59 Å². The maximum Gasteiger partial charge on any atom is 0.490 e. The number of carbonyl (C=O) groups is 3. The highest BCUT2D eigenvalue weighted by molar-refractivity contribution is 5.96. The molecule has 2 aliphatic heterocycles. The van der Waals surface area contributed by atoms with Gasteiger partial charge in [-0.05, 0) is 99.6 Å². The third kappa shape index (κ3) is 12.2. The highest BCUT2D eigenvalue weighted by atomic mass is 19.4. The number of benzene rings is 2. The van der Waals surface area contributed by atoms with Gasteiger partial charge in [-0.15, -0.1) is 0 Å². The molecule has 0 unspecified atom stereocenters. The van der Waals surface area contributed by atoms with Crippen LogP contribution in [0.4, 0.5) is 26.3 Å². The number of nitrogens with zero attached hydrogens (tertiary/aromatic N) is 1. The van der Waals surface area contributed by atoms with Gasteiger partial charge in [0.25, 0.3) is 0 Å². The highest BCUT2D eigenvalue weighted by Gasteiger charge is 2.38. The second kappa shape index (κ2) is 17.0. The number of methoxy groups -OCH3 is 1. The molecule has 4 rings (SSSR count). The van der Waals surface area contributed by atoms with Gasteiger partial charge in [-0.1, -0.05) is 30.3 Å². The van der Waals surface area contributed by atoms with Crippen molar-refractivity contribution in [2.75, 3.05) is 39.8 Å². The lowest BCUT2D eigenvalue weighted by molar-refractivity contribution is -0.193. The first-order chi connectivity index (χ1) is 20.6. The Morgan fingerprint density at radius 1 is 0.886 bits per heavy atom. The van der Waals surface area contributed by atoms with Crippen LogP contribution in [0.15, 0.2) is 42.5 Å². The third-order valence-corrected chi connectivity index (χ3v) is 7.20. The summed E-state index contributed by atoms with van der Waals surface area (Å²) in [7, 11) is 1.76. The Morgan fingerprint density at radius 2 is 1.43 bits per heavy atom. The molecule has 0 bridgehead atoms. The summed E-state index contributed by atoms with van der Waals surface area (Å²) in [5.41, 5.74) is 4.98. The zero-order valence-corrected chi connectivity index (χ0v) is 24.1. The number of Topliss-reactive ketones (excluding diaryl/α,β-unsaturated/α-hetero) is 1. The molecule has 0 spiro atoms. The number of ketones is 1. The number of para-hydroxylation sites is 1. The number of alkyl halides is 6. The van der Waals surface area contributed by atoms with Gasteiger partial charge in [0, 0.05) is 12.0 Å². The van der Waals surface area contributed by atoms with Crippen LogP contribution < -0.4 is 10.1 Å². The first-order valence-electron chi connectivity index (χ1n) is 13.9. The minimum Gasteiger partial charge on any atom is -0.496 e. The van der Waals surface area contributed by atoms with Gasteiger partial charge >= 0.3 is 24.3 Å². The summed E-state index contributed by atoms with van der Waals surface area (Å²) < 4.78 is 69.0. The molecule has 0 atom stereocenters. The normalized spacial score (nSPS) is 15.8. The molecular formula is C30H36F6N2O6. The summed E-state index contributed by atoms with van der Waals surface area (Å²) >= 11 is 0. The second-order valence-corrected chi connectivity index (χ2v) is 10.2. The van der Waals surface area contributed by atoms with Crippen molar-refractivity contribution < 1.29 is 55.7 Å². The number of nitrogens with one attached hydrogen (secondary N) is 1. The van der Waals surface area contributed by atoms with Gasteiger partial charge in [0.15, 0.2) is 5.78 Å². The lowest BCUT2D eigenvalue weighted by Gasteiger charge is -2.32. The van der Waals surface area contributed by atoms with Gasteiger partial charge in [0.05, 0.1) is 7.11 Å². The minimum atomic E-state index is -5.08. The van der Waals surface area contributed by atoms with Crippen LogP contribution in [-0.2, 0) is 22.4 Å². The first kappa shape index (κ1) is 36.5. The lowest BCUT2D eigenvalue weighted by atomic mass is 9.88. The van der Waals surface area contributed by atoms with Crippen molar-refractivity contribution in [3.05, 3.63) is 64.7 Å². The Kier molecular flexibility index (Phi) is 14.1. The van der Waals surface area contributed by atoms with E-state index in [0.717, 1.165) is 76.1 Å². The van der Waals surface area contributed by atoms with Crippen LogP contribution >= 0.6 is 0 Å². The number of carboxylic acid groups (broad SMARTS) is 2. The maximum atomic E-state index is 12.7. The summed E-state index contributed by atoms with van der Waals surface area (Å²) in [6.45, 7) is 5.26. The van der Waals surface area contributed by atoms with Gasteiger partial charge in [0.2, 0.25) is 0 Å². The summed E-state index contributed by atoms with van der Waals surface area (Å²) in [5.74, 6) is -3.63. The van der Waals surface area contributed by atoms with Crippen molar-refractivity contribution in [3.8, 4) is 5.75 Å². The molecule has 1 fully saturated rings. The molecule has 14 heteroatoms. The molecule has 244 valence electrons. The van der Waals surface area contributed by atoms with E-state index in [1.54, 1.807) is 7.11 Å². The van der Waals surface area contributed by atoms with Crippen LogP contribution in [0, 0.1) is 0 Å². The van der Waals surface area contributed by atoms with E-state index >= 15 is 0 Å². The molecule has 0 aliphatic carbocycles. The minimum absolute atomic E-state index is 0.291. The number of ether oxygens (including phenoxy) is 1. The van der Waals surface area contributed by atoms with Crippen LogP contribution in [0.1, 0.15) is 58.6 Å². The number of aliphatic carboxylic acids is 2. The number of rotatable bonds is 7. The van der Waals surface area contributed by atoms with Crippen LogP contribution in [-0.4, -0.2) is 85.0 Å². The number of hydrogen-bond donors (Lipinski definition) is 3. The number of hydrogen-bond acceptors (Lipinski definition) is 6. The third-order valence-electron chi connectivity index (χ3n) is 7.20. The van der Waals surface area contributed by atoms with Crippen molar-refractivity contribution in [2.24, 2.45) is 0 Å². The van der Waals surface area contributed by atoms with Crippen LogP contribution in [0.25, 0.3) is 0 Å². The van der Waals surface area contributed by atoms with Crippen molar-refractivity contribution >= 4 is 17.7 Å². The number of halogens is 6. The Balaban J connectivity index is 0.000000402. The van der Waals surface area contributed by atoms with Gasteiger partial charge in [0.1, 0.15) is 5.75 Å². The van der Waals surface area contributed by atoms with E-state index in [-0.39, 0.29) is 0 Å². The summed E-state index contributed by atoms with van der Waals surface area (Å²) in [4.78, 5) is 33.0. The number of carbonyl (C=O) groups excluding carboxylic acids is 1. The molecular weight excluding hydrogens is 598 g/mol. The molecule has 1 saturated heterocycles. The predicted octanol–water partition coefficient (Wildman–Crippen LogP) is 5.49. The van der Waals surface area contributed by atoms with Gasteiger partial charge in [-0.2, -0.15) is 26.3 Å². The van der Waals surface area contributed by atoms with E-state index in [9.17, 15) is 31.1 Å². The smallest absolute Gasteiger partial charge is 0.490 e. The molecule has 0 aromatic heterocycles. The summed E-state index contributed by atoms with van der Waals surface area (Å²) in [5, 5.41) is 17.7. The number of piperidine rings is 1. The molecule has 0 saturated carbocycles. The molecule has 8 nitrogen and oxygen atoms in total.